The van der Waals surface area contributed by atoms with Crippen molar-refractivity contribution in [3.63, 3.8) is 0 Å². The monoisotopic (exact) mass is 302 g/mol. The van der Waals surface area contributed by atoms with Crippen molar-refractivity contribution in [1.29, 1.82) is 0 Å². The van der Waals surface area contributed by atoms with Crippen molar-refractivity contribution in [2.75, 3.05) is 24.9 Å². The lowest BCUT2D eigenvalue weighted by molar-refractivity contribution is 0.367. The largest absolute Gasteiger partial charge is 0.497 e. The third kappa shape index (κ3) is 4.12. The molecule has 0 bridgehead atoms. The van der Waals surface area contributed by atoms with Gasteiger partial charge in [0.1, 0.15) is 23.9 Å². The second kappa shape index (κ2) is 7.17. The lowest BCUT2D eigenvalue weighted by Crippen LogP contribution is -1.99. The van der Waals surface area contributed by atoms with Gasteiger partial charge in [-0.25, -0.2) is 4.98 Å². The normalized spacial score (nSPS) is 10.3. The van der Waals surface area contributed by atoms with Gasteiger partial charge in [-0.1, -0.05) is 5.92 Å². The molecule has 7 heteroatoms. The molecule has 0 spiro atoms. The van der Waals surface area contributed by atoms with Gasteiger partial charge < -0.3 is 15.2 Å². The zero-order valence-electron chi connectivity index (χ0n) is 11.4. The van der Waals surface area contributed by atoms with Crippen molar-refractivity contribution in [2.45, 2.75) is 0 Å². The van der Waals surface area contributed by atoms with E-state index in [1.165, 1.54) is 11.3 Å². The van der Waals surface area contributed by atoms with E-state index in [-0.39, 0.29) is 6.61 Å². The Morgan fingerprint density at radius 2 is 2.43 bits per heavy atom. The lowest BCUT2D eigenvalue weighted by atomic mass is 10.2. The fourth-order valence-corrected chi connectivity index (χ4v) is 2.05. The van der Waals surface area contributed by atoms with Crippen LogP contribution >= 0.6 is 11.3 Å². The molecular weight excluding hydrogens is 288 g/mol. The molecule has 108 valence electrons. The van der Waals surface area contributed by atoms with Gasteiger partial charge in [-0.15, -0.1) is 17.8 Å². The van der Waals surface area contributed by atoms with E-state index in [1.807, 2.05) is 0 Å². The number of hydrogen-bond acceptors (Lipinski definition) is 7. The lowest BCUT2D eigenvalue weighted by Gasteiger charge is -2.08. The summed E-state index contributed by atoms with van der Waals surface area (Å²) in [4.78, 5) is 4.04. The van der Waals surface area contributed by atoms with Crippen molar-refractivity contribution >= 4 is 28.5 Å². The number of aromatic nitrogens is 1. The Balaban J connectivity index is 2.14. The Morgan fingerprint density at radius 1 is 1.57 bits per heavy atom. The van der Waals surface area contributed by atoms with Gasteiger partial charge in [-0.3, -0.25) is 5.43 Å². The van der Waals surface area contributed by atoms with Crippen LogP contribution < -0.4 is 20.6 Å². The van der Waals surface area contributed by atoms with E-state index in [0.717, 1.165) is 5.56 Å². The highest BCUT2D eigenvalue weighted by Crippen LogP contribution is 2.23. The average molecular weight is 302 g/mol. The Bertz CT molecular complexity index is 676. The quantitative estimate of drug-likeness (QED) is 0.485. The molecule has 0 unspecified atom stereocenters. The highest BCUT2D eigenvalue weighted by molar-refractivity contribution is 7.14. The molecule has 0 fully saturated rings. The molecular formula is C14H14N4O2S. The summed E-state index contributed by atoms with van der Waals surface area (Å²) in [6.45, 7) is 0.184. The van der Waals surface area contributed by atoms with Gasteiger partial charge in [-0.2, -0.15) is 5.10 Å². The molecule has 0 radical (unpaired) electrons. The molecule has 1 aromatic carbocycles. The molecule has 6 nitrogen and oxygen atoms in total. The highest BCUT2D eigenvalue weighted by atomic mass is 32.1. The summed E-state index contributed by atoms with van der Waals surface area (Å²) < 4.78 is 10.6. The molecule has 0 aliphatic heterocycles. The van der Waals surface area contributed by atoms with Crippen LogP contribution in [0.15, 0.2) is 28.7 Å². The van der Waals surface area contributed by atoms with Crippen LogP contribution in [0.4, 0.5) is 10.9 Å². The zero-order chi connectivity index (χ0) is 15.1. The molecule has 3 N–H and O–H groups in total. The maximum atomic E-state index is 5.53. The number of anilines is 2. The number of rotatable bonds is 6. The number of nitrogens with one attached hydrogen (secondary N) is 1. The first-order valence-corrected chi connectivity index (χ1v) is 6.85. The molecule has 21 heavy (non-hydrogen) atoms. The average Bonchev–Trinajstić information content (AvgIpc) is 2.91. The van der Waals surface area contributed by atoms with Gasteiger partial charge in [0.25, 0.3) is 0 Å². The predicted octanol–water partition coefficient (Wildman–Crippen LogP) is 2.19. The number of nitrogen functional groups attached to an aromatic ring is 1. The summed E-state index contributed by atoms with van der Waals surface area (Å²) in [7, 11) is 1.59. The van der Waals surface area contributed by atoms with Crippen LogP contribution in [-0.2, 0) is 0 Å². The number of ether oxygens (including phenoxy) is 2. The molecule has 2 rings (SSSR count). The van der Waals surface area contributed by atoms with Gasteiger partial charge in [0.15, 0.2) is 0 Å². The van der Waals surface area contributed by atoms with Gasteiger partial charge in [0.2, 0.25) is 5.13 Å². The molecule has 2 aromatic rings. The van der Waals surface area contributed by atoms with E-state index in [9.17, 15) is 0 Å². The summed E-state index contributed by atoms with van der Waals surface area (Å²) in [5.41, 5.74) is 9.06. The van der Waals surface area contributed by atoms with Crippen molar-refractivity contribution in [2.24, 2.45) is 5.10 Å². The van der Waals surface area contributed by atoms with Gasteiger partial charge >= 0.3 is 0 Å². The Labute approximate surface area is 126 Å². The van der Waals surface area contributed by atoms with E-state index < -0.39 is 0 Å². The number of nitrogens with zero attached hydrogens (tertiary/aromatic N) is 2. The highest BCUT2D eigenvalue weighted by Gasteiger charge is 2.04. The van der Waals surface area contributed by atoms with Crippen molar-refractivity contribution in [3.05, 3.63) is 29.1 Å². The van der Waals surface area contributed by atoms with Crippen LogP contribution in [0.3, 0.4) is 0 Å². The zero-order valence-corrected chi connectivity index (χ0v) is 12.2. The van der Waals surface area contributed by atoms with E-state index >= 15 is 0 Å². The number of methoxy groups -OCH3 is 1. The minimum absolute atomic E-state index is 0.184. The van der Waals surface area contributed by atoms with Gasteiger partial charge in [0, 0.05) is 10.9 Å². The first-order chi connectivity index (χ1) is 10.2. The Morgan fingerprint density at radius 3 is 3.10 bits per heavy atom. The number of nitrogens with two attached hydrogens (primary N) is 1. The summed E-state index contributed by atoms with van der Waals surface area (Å²) in [6, 6.07) is 5.37. The van der Waals surface area contributed by atoms with Crippen molar-refractivity contribution in [1.82, 2.24) is 4.98 Å². The Kier molecular flexibility index (Phi) is 5.01. The van der Waals surface area contributed by atoms with Crippen LogP contribution in [0, 0.1) is 12.3 Å². The number of benzene rings is 1. The van der Waals surface area contributed by atoms with Crippen LogP contribution in [0.2, 0.25) is 0 Å². The molecule has 0 saturated heterocycles. The van der Waals surface area contributed by atoms with E-state index in [2.05, 4.69) is 21.4 Å². The maximum Gasteiger partial charge on any atom is 0.205 e. The van der Waals surface area contributed by atoms with E-state index in [4.69, 9.17) is 21.6 Å². The van der Waals surface area contributed by atoms with Crippen LogP contribution in [0.25, 0.3) is 0 Å². The molecule has 1 aromatic heterocycles. The fourth-order valence-electron chi connectivity index (χ4n) is 1.50. The smallest absolute Gasteiger partial charge is 0.205 e. The maximum absolute atomic E-state index is 5.53. The molecule has 0 aliphatic carbocycles. The minimum atomic E-state index is 0.184. The second-order valence-corrected chi connectivity index (χ2v) is 4.70. The molecule has 0 saturated carbocycles. The molecule has 0 aliphatic rings. The second-order valence-electron chi connectivity index (χ2n) is 3.84. The summed E-state index contributed by atoms with van der Waals surface area (Å²) in [5, 5.41) is 6.44. The van der Waals surface area contributed by atoms with Crippen LogP contribution in [0.1, 0.15) is 5.56 Å². The third-order valence-corrected chi connectivity index (χ3v) is 3.18. The first kappa shape index (κ1) is 14.7. The standard InChI is InChI=1S/C14H14N4O2S/c1-3-6-20-12-5-4-11(19-2)7-10(12)8-16-18-14-17-13(15)9-21-14/h1,4-5,7-9H,6,15H2,2H3,(H,17,18). The van der Waals surface area contributed by atoms with E-state index in [1.54, 1.807) is 36.9 Å². The number of terminal acetylenes is 1. The molecule has 0 amide bonds. The van der Waals surface area contributed by atoms with Gasteiger partial charge in [-0.05, 0) is 18.2 Å². The minimum Gasteiger partial charge on any atom is -0.497 e. The summed E-state index contributed by atoms with van der Waals surface area (Å²) in [5.74, 6) is 4.20. The van der Waals surface area contributed by atoms with Crippen molar-refractivity contribution < 1.29 is 9.47 Å². The van der Waals surface area contributed by atoms with E-state index in [0.29, 0.717) is 22.4 Å². The summed E-state index contributed by atoms with van der Waals surface area (Å²) >= 11 is 1.37. The predicted molar refractivity (Wildman–Crippen MR) is 85.1 cm³/mol. The van der Waals surface area contributed by atoms with Crippen LogP contribution in [0.5, 0.6) is 11.5 Å². The van der Waals surface area contributed by atoms with Crippen LogP contribution in [-0.4, -0.2) is 24.9 Å². The summed E-state index contributed by atoms with van der Waals surface area (Å²) in [6.07, 6.45) is 6.80. The first-order valence-electron chi connectivity index (χ1n) is 5.97. The molecule has 0 atom stereocenters. The molecule has 1 heterocycles. The SMILES string of the molecule is C#CCOc1ccc(OC)cc1C=NNc1nc(N)cs1. The van der Waals surface area contributed by atoms with Crippen molar-refractivity contribution in [3.8, 4) is 23.8 Å². The van der Waals surface area contributed by atoms with Gasteiger partial charge in [0.05, 0.1) is 13.3 Å². The fraction of sp³-hybridized carbons (Fsp3) is 0.143. The third-order valence-electron chi connectivity index (χ3n) is 2.41. The topological polar surface area (TPSA) is 81.8 Å². The number of hydrogen-bond donors (Lipinski definition) is 2. The number of thiazole rings is 1. The number of hydrazone groups is 1. The Hall–Kier alpha value is -2.72.